The monoisotopic (exact) mass is 245 g/mol. The number of rotatable bonds is 2. The molecule has 92 valence electrons. The first-order valence-corrected chi connectivity index (χ1v) is 6.31. The molecule has 0 aliphatic heterocycles. The van der Waals surface area contributed by atoms with Crippen LogP contribution >= 0.6 is 11.8 Å². The number of carbonyl (C=O) groups is 2. The van der Waals surface area contributed by atoms with Crippen LogP contribution < -0.4 is 5.32 Å². The molecule has 1 fully saturated rings. The molecule has 0 aromatic carbocycles. The van der Waals surface area contributed by atoms with Crippen LogP contribution in [-0.4, -0.2) is 28.1 Å². The molecule has 0 radical (unpaired) electrons. The zero-order valence-electron chi connectivity index (χ0n) is 10.2. The van der Waals surface area contributed by atoms with Crippen molar-refractivity contribution in [1.29, 1.82) is 0 Å². The lowest BCUT2D eigenvalue weighted by atomic mass is 9.92. The SMILES string of the molecule is CC(=O)SC1CC(NC(=O)OC(C)(C)C)C1. The zero-order chi connectivity index (χ0) is 12.3. The second kappa shape index (κ2) is 5.08. The van der Waals surface area contributed by atoms with E-state index in [2.05, 4.69) is 5.32 Å². The van der Waals surface area contributed by atoms with Crippen LogP contribution in [0, 0.1) is 0 Å². The molecule has 0 bridgehead atoms. The van der Waals surface area contributed by atoms with Crippen molar-refractivity contribution in [3.8, 4) is 0 Å². The van der Waals surface area contributed by atoms with E-state index in [-0.39, 0.29) is 17.3 Å². The summed E-state index contributed by atoms with van der Waals surface area (Å²) in [4.78, 5) is 22.2. The second-order valence-corrected chi connectivity index (χ2v) is 6.52. The molecule has 16 heavy (non-hydrogen) atoms. The largest absolute Gasteiger partial charge is 0.444 e. The molecular weight excluding hydrogens is 226 g/mol. The average Bonchev–Trinajstić information content (AvgIpc) is 1.95. The molecule has 1 saturated carbocycles. The number of hydrogen-bond acceptors (Lipinski definition) is 4. The Labute approximate surface area is 100 Å². The van der Waals surface area contributed by atoms with Crippen molar-refractivity contribution in [2.45, 2.75) is 57.4 Å². The van der Waals surface area contributed by atoms with E-state index in [0.717, 1.165) is 12.8 Å². The van der Waals surface area contributed by atoms with Gasteiger partial charge in [-0.3, -0.25) is 4.79 Å². The molecular formula is C11H19NO3S. The van der Waals surface area contributed by atoms with Crippen LogP contribution in [0.2, 0.25) is 0 Å². The van der Waals surface area contributed by atoms with Gasteiger partial charge in [0.2, 0.25) is 0 Å². The third-order valence-corrected chi connectivity index (χ3v) is 3.20. The summed E-state index contributed by atoms with van der Waals surface area (Å²) in [5.41, 5.74) is -0.457. The lowest BCUT2D eigenvalue weighted by Crippen LogP contribution is -2.47. The molecule has 0 unspecified atom stereocenters. The maximum atomic E-state index is 11.4. The van der Waals surface area contributed by atoms with Crippen molar-refractivity contribution in [3.63, 3.8) is 0 Å². The van der Waals surface area contributed by atoms with E-state index in [1.807, 2.05) is 20.8 Å². The highest BCUT2D eigenvalue weighted by Gasteiger charge is 2.32. The second-order valence-electron chi connectivity index (χ2n) is 5.05. The number of thioether (sulfide) groups is 1. The minimum absolute atomic E-state index is 0.140. The predicted molar refractivity (Wildman–Crippen MR) is 64.5 cm³/mol. The molecule has 1 aliphatic rings. The number of hydrogen-bond donors (Lipinski definition) is 1. The first-order valence-electron chi connectivity index (χ1n) is 5.43. The Morgan fingerprint density at radius 3 is 2.31 bits per heavy atom. The minimum atomic E-state index is -0.457. The van der Waals surface area contributed by atoms with Crippen LogP contribution in [0.25, 0.3) is 0 Å². The third kappa shape index (κ3) is 4.88. The fourth-order valence-electron chi connectivity index (χ4n) is 1.49. The Morgan fingerprint density at radius 2 is 1.88 bits per heavy atom. The van der Waals surface area contributed by atoms with Gasteiger partial charge in [-0.25, -0.2) is 4.79 Å². The van der Waals surface area contributed by atoms with Crippen molar-refractivity contribution < 1.29 is 14.3 Å². The van der Waals surface area contributed by atoms with E-state index in [1.165, 1.54) is 11.8 Å². The Kier molecular flexibility index (Phi) is 4.24. The summed E-state index contributed by atoms with van der Waals surface area (Å²) in [5, 5.41) is 3.29. The molecule has 0 spiro atoms. The lowest BCUT2D eigenvalue weighted by molar-refractivity contribution is -0.109. The van der Waals surface area contributed by atoms with Crippen LogP contribution in [0.4, 0.5) is 4.79 Å². The van der Waals surface area contributed by atoms with Gasteiger partial charge in [-0.05, 0) is 33.6 Å². The van der Waals surface area contributed by atoms with Gasteiger partial charge in [0.1, 0.15) is 5.60 Å². The summed E-state index contributed by atoms with van der Waals surface area (Å²) in [6.45, 7) is 7.07. The van der Waals surface area contributed by atoms with Gasteiger partial charge in [0.05, 0.1) is 0 Å². The van der Waals surface area contributed by atoms with Crippen molar-refractivity contribution in [2.75, 3.05) is 0 Å². The van der Waals surface area contributed by atoms with Gasteiger partial charge in [-0.15, -0.1) is 0 Å². The Morgan fingerprint density at radius 1 is 1.31 bits per heavy atom. The average molecular weight is 245 g/mol. The van der Waals surface area contributed by atoms with Crippen LogP contribution in [0.5, 0.6) is 0 Å². The number of ether oxygens (including phenoxy) is 1. The van der Waals surface area contributed by atoms with E-state index >= 15 is 0 Å². The molecule has 0 saturated heterocycles. The molecule has 1 rings (SSSR count). The number of nitrogens with one attached hydrogen (secondary N) is 1. The topological polar surface area (TPSA) is 55.4 Å². The van der Waals surface area contributed by atoms with Gasteiger partial charge in [-0.2, -0.15) is 0 Å². The fourth-order valence-corrected chi connectivity index (χ4v) is 2.62. The lowest BCUT2D eigenvalue weighted by Gasteiger charge is -2.35. The highest BCUT2D eigenvalue weighted by molar-refractivity contribution is 8.14. The summed E-state index contributed by atoms with van der Waals surface area (Å²) in [6.07, 6.45) is 1.33. The molecule has 5 heteroatoms. The van der Waals surface area contributed by atoms with E-state index in [9.17, 15) is 9.59 Å². The van der Waals surface area contributed by atoms with Gasteiger partial charge < -0.3 is 10.1 Å². The van der Waals surface area contributed by atoms with Crippen molar-refractivity contribution in [2.24, 2.45) is 0 Å². The first kappa shape index (κ1) is 13.4. The van der Waals surface area contributed by atoms with Crippen LogP contribution in [0.15, 0.2) is 0 Å². The van der Waals surface area contributed by atoms with E-state index in [1.54, 1.807) is 6.92 Å². The Balaban J connectivity index is 2.17. The highest BCUT2D eigenvalue weighted by atomic mass is 32.2. The first-order chi connectivity index (χ1) is 7.26. The van der Waals surface area contributed by atoms with Crippen molar-refractivity contribution in [3.05, 3.63) is 0 Å². The number of carbonyl (C=O) groups excluding carboxylic acids is 2. The van der Waals surface area contributed by atoms with Gasteiger partial charge in [0.25, 0.3) is 0 Å². The molecule has 1 N–H and O–H groups in total. The van der Waals surface area contributed by atoms with E-state index in [4.69, 9.17) is 4.74 Å². The molecule has 0 aromatic heterocycles. The summed E-state index contributed by atoms with van der Waals surface area (Å²) in [6, 6.07) is 0.159. The van der Waals surface area contributed by atoms with Crippen LogP contribution in [-0.2, 0) is 9.53 Å². The Bertz CT molecular complexity index is 279. The summed E-state index contributed by atoms with van der Waals surface area (Å²) in [5.74, 6) is 0. The van der Waals surface area contributed by atoms with Gasteiger partial charge in [0.15, 0.2) is 5.12 Å². The van der Waals surface area contributed by atoms with E-state index < -0.39 is 5.60 Å². The van der Waals surface area contributed by atoms with Gasteiger partial charge >= 0.3 is 6.09 Å². The molecule has 0 atom stereocenters. The predicted octanol–water partition coefficient (Wildman–Crippen LogP) is 2.32. The van der Waals surface area contributed by atoms with Gasteiger partial charge in [0, 0.05) is 18.2 Å². The number of alkyl carbamates (subject to hydrolysis) is 1. The standard InChI is InChI=1S/C11H19NO3S/c1-7(13)16-9-5-8(6-9)12-10(14)15-11(2,3)4/h8-9H,5-6H2,1-4H3,(H,12,14). The molecule has 0 aromatic rings. The molecule has 1 aliphatic carbocycles. The van der Waals surface area contributed by atoms with Crippen molar-refractivity contribution >= 4 is 23.0 Å². The fraction of sp³-hybridized carbons (Fsp3) is 0.818. The van der Waals surface area contributed by atoms with Crippen molar-refractivity contribution in [1.82, 2.24) is 5.32 Å². The maximum Gasteiger partial charge on any atom is 0.407 e. The summed E-state index contributed by atoms with van der Waals surface area (Å²) >= 11 is 1.35. The molecule has 0 heterocycles. The Hall–Kier alpha value is -0.710. The summed E-state index contributed by atoms with van der Waals surface area (Å²) < 4.78 is 5.14. The smallest absolute Gasteiger partial charge is 0.407 e. The minimum Gasteiger partial charge on any atom is -0.444 e. The molecule has 1 amide bonds. The van der Waals surface area contributed by atoms with Gasteiger partial charge in [-0.1, -0.05) is 11.8 Å². The quantitative estimate of drug-likeness (QED) is 0.811. The third-order valence-electron chi connectivity index (χ3n) is 2.15. The highest BCUT2D eigenvalue weighted by Crippen LogP contribution is 2.32. The van der Waals surface area contributed by atoms with Crippen LogP contribution in [0.3, 0.4) is 0 Å². The normalized spacial score (nSPS) is 24.5. The maximum absolute atomic E-state index is 11.4. The molecule has 4 nitrogen and oxygen atoms in total. The van der Waals surface area contributed by atoms with E-state index in [0.29, 0.717) is 5.25 Å². The summed E-state index contributed by atoms with van der Waals surface area (Å²) in [7, 11) is 0. The zero-order valence-corrected chi connectivity index (χ0v) is 11.0. The number of amides is 1. The van der Waals surface area contributed by atoms with Crippen LogP contribution in [0.1, 0.15) is 40.5 Å².